The number of hydrogen-bond donors (Lipinski definition) is 3. The number of nitrogens with one attached hydrogen (secondary N) is 2. The number of carbonyl (C=O) groups is 2. The third-order valence-electron chi connectivity index (χ3n) is 4.94. The molecule has 3 heterocycles. The van der Waals surface area contributed by atoms with Gasteiger partial charge < -0.3 is 15.4 Å². The number of amides is 1. The quantitative estimate of drug-likeness (QED) is 0.499. The molecule has 0 fully saturated rings. The van der Waals surface area contributed by atoms with Gasteiger partial charge in [-0.2, -0.15) is 0 Å². The van der Waals surface area contributed by atoms with Crippen LogP contribution in [-0.2, 0) is 11.2 Å². The summed E-state index contributed by atoms with van der Waals surface area (Å²) in [4.78, 5) is 32.3. The molecule has 4 aromatic rings. The van der Waals surface area contributed by atoms with Gasteiger partial charge in [0.25, 0.3) is 5.91 Å². The molecule has 28 heavy (non-hydrogen) atoms. The molecular weight excluding hydrogens is 356 g/mol. The normalized spacial score (nSPS) is 12.4. The van der Waals surface area contributed by atoms with E-state index in [4.69, 9.17) is 0 Å². The summed E-state index contributed by atoms with van der Waals surface area (Å²) in [6, 6.07) is 10.4. The van der Waals surface area contributed by atoms with Gasteiger partial charge in [-0.1, -0.05) is 24.3 Å². The first-order chi connectivity index (χ1) is 13.5. The predicted octanol–water partition coefficient (Wildman–Crippen LogP) is 2.86. The number of aromatic amines is 1. The summed E-state index contributed by atoms with van der Waals surface area (Å²) in [6.45, 7) is 3.66. The standard InChI is InChI=1S/C21H20N4O3/c1-12-6-5-9-25-18(13(2)23-19(12)25)20(26)24-17(21(27)28)10-14-11-22-16-8-4-3-7-15(14)16/h3-9,11,17,22H,10H2,1-2H3,(H,24,26)(H,27,28). The summed E-state index contributed by atoms with van der Waals surface area (Å²) in [7, 11) is 0. The van der Waals surface area contributed by atoms with Crippen LogP contribution in [0.3, 0.4) is 0 Å². The number of hydrogen-bond acceptors (Lipinski definition) is 3. The molecule has 0 radical (unpaired) electrons. The second kappa shape index (κ2) is 6.84. The van der Waals surface area contributed by atoms with Crippen LogP contribution in [0.2, 0.25) is 0 Å². The van der Waals surface area contributed by atoms with Crippen molar-refractivity contribution in [3.05, 3.63) is 71.3 Å². The number of aryl methyl sites for hydroxylation is 2. The van der Waals surface area contributed by atoms with Crippen molar-refractivity contribution in [1.82, 2.24) is 19.7 Å². The highest BCUT2D eigenvalue weighted by molar-refractivity contribution is 5.97. The summed E-state index contributed by atoms with van der Waals surface area (Å²) in [5.41, 5.74) is 4.31. The highest BCUT2D eigenvalue weighted by atomic mass is 16.4. The molecule has 0 aliphatic rings. The smallest absolute Gasteiger partial charge is 0.326 e. The number of carboxylic acid groups (broad SMARTS) is 1. The van der Waals surface area contributed by atoms with Gasteiger partial charge in [-0.3, -0.25) is 9.20 Å². The molecule has 1 atom stereocenters. The number of pyridine rings is 1. The van der Waals surface area contributed by atoms with Gasteiger partial charge in [-0.15, -0.1) is 0 Å². The zero-order valence-corrected chi connectivity index (χ0v) is 15.6. The molecule has 0 aliphatic carbocycles. The zero-order chi connectivity index (χ0) is 19.8. The van der Waals surface area contributed by atoms with Gasteiger partial charge in [0, 0.05) is 29.7 Å². The number of para-hydroxylation sites is 1. The van der Waals surface area contributed by atoms with Crippen molar-refractivity contribution in [2.45, 2.75) is 26.3 Å². The number of H-pyrrole nitrogens is 1. The highest BCUT2D eigenvalue weighted by Crippen LogP contribution is 2.20. The number of carbonyl (C=O) groups excluding carboxylic acids is 1. The lowest BCUT2D eigenvalue weighted by Gasteiger charge is -2.14. The van der Waals surface area contributed by atoms with Crippen molar-refractivity contribution in [1.29, 1.82) is 0 Å². The summed E-state index contributed by atoms with van der Waals surface area (Å²) in [5.74, 6) is -1.54. The lowest BCUT2D eigenvalue weighted by atomic mass is 10.0. The highest BCUT2D eigenvalue weighted by Gasteiger charge is 2.25. The molecule has 4 rings (SSSR count). The Balaban J connectivity index is 1.64. The first-order valence-electron chi connectivity index (χ1n) is 8.98. The van der Waals surface area contributed by atoms with Gasteiger partial charge in [0.05, 0.1) is 5.69 Å². The Labute approximate surface area is 161 Å². The maximum absolute atomic E-state index is 12.9. The second-order valence-corrected chi connectivity index (χ2v) is 6.86. The van der Waals surface area contributed by atoms with E-state index in [1.807, 2.05) is 43.3 Å². The van der Waals surface area contributed by atoms with Crippen molar-refractivity contribution in [3.63, 3.8) is 0 Å². The van der Waals surface area contributed by atoms with Crippen LogP contribution in [-0.4, -0.2) is 37.4 Å². The van der Waals surface area contributed by atoms with Gasteiger partial charge in [0.15, 0.2) is 0 Å². The van der Waals surface area contributed by atoms with E-state index < -0.39 is 17.9 Å². The van der Waals surface area contributed by atoms with Crippen LogP contribution >= 0.6 is 0 Å². The van der Waals surface area contributed by atoms with Crippen molar-refractivity contribution < 1.29 is 14.7 Å². The zero-order valence-electron chi connectivity index (χ0n) is 15.6. The minimum absolute atomic E-state index is 0.180. The number of benzene rings is 1. The lowest BCUT2D eigenvalue weighted by molar-refractivity contribution is -0.139. The Kier molecular flexibility index (Phi) is 4.35. The summed E-state index contributed by atoms with van der Waals surface area (Å²) in [6.07, 6.45) is 3.72. The number of nitrogens with zero attached hydrogens (tertiary/aromatic N) is 2. The largest absolute Gasteiger partial charge is 0.480 e. The Morgan fingerprint density at radius 1 is 1.21 bits per heavy atom. The van der Waals surface area contributed by atoms with E-state index in [9.17, 15) is 14.7 Å². The summed E-state index contributed by atoms with van der Waals surface area (Å²) < 4.78 is 1.70. The maximum atomic E-state index is 12.9. The van der Waals surface area contributed by atoms with Crippen LogP contribution in [0.15, 0.2) is 48.8 Å². The van der Waals surface area contributed by atoms with E-state index in [1.54, 1.807) is 23.7 Å². The van der Waals surface area contributed by atoms with E-state index in [-0.39, 0.29) is 6.42 Å². The number of carboxylic acids is 1. The van der Waals surface area contributed by atoms with Crippen molar-refractivity contribution in [2.75, 3.05) is 0 Å². The van der Waals surface area contributed by atoms with Crippen LogP contribution < -0.4 is 5.32 Å². The Bertz CT molecular complexity index is 1210. The minimum atomic E-state index is -1.08. The molecule has 7 heteroatoms. The Hall–Kier alpha value is -3.61. The summed E-state index contributed by atoms with van der Waals surface area (Å²) in [5, 5.41) is 13.3. The molecule has 1 unspecified atom stereocenters. The molecule has 142 valence electrons. The first kappa shape index (κ1) is 17.8. The average molecular weight is 376 g/mol. The predicted molar refractivity (Wildman–Crippen MR) is 106 cm³/mol. The lowest BCUT2D eigenvalue weighted by Crippen LogP contribution is -2.42. The first-order valence-corrected chi connectivity index (χ1v) is 8.98. The van der Waals surface area contributed by atoms with Crippen molar-refractivity contribution in [2.24, 2.45) is 0 Å². The van der Waals surface area contributed by atoms with Gasteiger partial charge >= 0.3 is 5.97 Å². The fourth-order valence-electron chi connectivity index (χ4n) is 3.54. The van der Waals surface area contributed by atoms with Crippen LogP contribution in [0, 0.1) is 13.8 Å². The molecule has 7 nitrogen and oxygen atoms in total. The van der Waals surface area contributed by atoms with Crippen LogP contribution in [0.25, 0.3) is 16.6 Å². The topological polar surface area (TPSA) is 99.5 Å². The molecule has 0 saturated carbocycles. The van der Waals surface area contributed by atoms with E-state index in [1.165, 1.54) is 0 Å². The fourth-order valence-corrected chi connectivity index (χ4v) is 3.54. The molecule has 0 spiro atoms. The van der Waals surface area contributed by atoms with Gasteiger partial charge in [0.2, 0.25) is 0 Å². The monoisotopic (exact) mass is 376 g/mol. The number of aromatic nitrogens is 3. The third kappa shape index (κ3) is 3.00. The third-order valence-corrected chi connectivity index (χ3v) is 4.94. The number of fused-ring (bicyclic) bond motifs is 2. The average Bonchev–Trinajstić information content (AvgIpc) is 3.22. The van der Waals surface area contributed by atoms with Gasteiger partial charge in [-0.25, -0.2) is 9.78 Å². The maximum Gasteiger partial charge on any atom is 0.326 e. The van der Waals surface area contributed by atoms with Gasteiger partial charge in [-0.05, 0) is 37.1 Å². The number of rotatable bonds is 5. The second-order valence-electron chi connectivity index (χ2n) is 6.86. The van der Waals surface area contributed by atoms with Crippen molar-refractivity contribution in [3.8, 4) is 0 Å². The molecule has 3 aromatic heterocycles. The van der Waals surface area contributed by atoms with Crippen LogP contribution in [0.5, 0.6) is 0 Å². The minimum Gasteiger partial charge on any atom is -0.480 e. The summed E-state index contributed by atoms with van der Waals surface area (Å²) >= 11 is 0. The van der Waals surface area contributed by atoms with E-state index in [0.717, 1.165) is 22.0 Å². The Morgan fingerprint density at radius 3 is 2.79 bits per heavy atom. The molecule has 0 saturated heterocycles. The van der Waals surface area contributed by atoms with Crippen LogP contribution in [0.1, 0.15) is 27.3 Å². The molecule has 1 amide bonds. The number of aliphatic carboxylic acids is 1. The van der Waals surface area contributed by atoms with Crippen molar-refractivity contribution >= 4 is 28.4 Å². The van der Waals surface area contributed by atoms with E-state index >= 15 is 0 Å². The molecule has 0 bridgehead atoms. The molecule has 0 aliphatic heterocycles. The molecular formula is C21H20N4O3. The Morgan fingerprint density at radius 2 is 2.00 bits per heavy atom. The molecule has 1 aromatic carbocycles. The van der Waals surface area contributed by atoms with E-state index in [0.29, 0.717) is 17.0 Å². The van der Waals surface area contributed by atoms with Gasteiger partial charge in [0.1, 0.15) is 17.4 Å². The van der Waals surface area contributed by atoms with Crippen LogP contribution in [0.4, 0.5) is 0 Å². The number of imidazole rings is 1. The fraction of sp³-hybridized carbons (Fsp3) is 0.190. The SMILES string of the molecule is Cc1nc2c(C)cccn2c1C(=O)NC(Cc1c[nH]c2ccccc12)C(=O)O. The van der Waals surface area contributed by atoms with E-state index in [2.05, 4.69) is 15.3 Å². The molecule has 3 N–H and O–H groups in total.